The second-order valence-electron chi connectivity index (χ2n) is 6.67. The van der Waals surface area contributed by atoms with Crippen molar-refractivity contribution in [1.29, 1.82) is 0 Å². The predicted molar refractivity (Wildman–Crippen MR) is 115 cm³/mol. The molecular formula is C22H24Cl2N2O. The van der Waals surface area contributed by atoms with Crippen LogP contribution in [0.1, 0.15) is 31.1 Å². The minimum atomic E-state index is -0.609. The van der Waals surface area contributed by atoms with Gasteiger partial charge in [0, 0.05) is 27.5 Å². The molecule has 1 heterocycles. The molecule has 0 aliphatic heterocycles. The Morgan fingerprint density at radius 1 is 1.04 bits per heavy atom. The van der Waals surface area contributed by atoms with Gasteiger partial charge in [-0.05, 0) is 55.4 Å². The van der Waals surface area contributed by atoms with Crippen molar-refractivity contribution >= 4 is 34.1 Å². The lowest BCUT2D eigenvalue weighted by atomic mass is 9.98. The highest BCUT2D eigenvalue weighted by Crippen LogP contribution is 2.33. The van der Waals surface area contributed by atoms with Crippen LogP contribution in [0.3, 0.4) is 0 Å². The van der Waals surface area contributed by atoms with Crippen LogP contribution in [-0.4, -0.2) is 34.6 Å². The molecule has 0 saturated heterocycles. The largest absolute Gasteiger partial charge is 0.387 e. The van der Waals surface area contributed by atoms with Crippen molar-refractivity contribution in [2.75, 3.05) is 19.6 Å². The van der Waals surface area contributed by atoms with Crippen molar-refractivity contribution < 1.29 is 5.11 Å². The van der Waals surface area contributed by atoms with Crippen LogP contribution in [-0.2, 0) is 0 Å². The minimum absolute atomic E-state index is 0.577. The van der Waals surface area contributed by atoms with E-state index in [0.717, 1.165) is 46.4 Å². The third-order valence-corrected chi connectivity index (χ3v) is 5.69. The number of aliphatic hydroxyl groups excluding tert-OH is 1. The Kier molecular flexibility index (Phi) is 6.38. The summed E-state index contributed by atoms with van der Waals surface area (Å²) < 4.78 is 0. The van der Waals surface area contributed by atoms with Gasteiger partial charge in [-0.1, -0.05) is 55.2 Å². The van der Waals surface area contributed by atoms with E-state index in [1.807, 2.05) is 49.4 Å². The molecule has 0 amide bonds. The smallest absolute Gasteiger partial charge is 0.0924 e. The van der Waals surface area contributed by atoms with Gasteiger partial charge in [-0.25, -0.2) is 4.98 Å². The summed E-state index contributed by atoms with van der Waals surface area (Å²) in [5.41, 5.74) is 4.37. The van der Waals surface area contributed by atoms with Gasteiger partial charge in [-0.15, -0.1) is 0 Å². The minimum Gasteiger partial charge on any atom is -0.387 e. The Morgan fingerprint density at radius 2 is 1.70 bits per heavy atom. The highest BCUT2D eigenvalue weighted by atomic mass is 35.5. The second-order valence-corrected chi connectivity index (χ2v) is 7.52. The van der Waals surface area contributed by atoms with Crippen LogP contribution in [0.25, 0.3) is 22.2 Å². The molecular weight excluding hydrogens is 379 g/mol. The van der Waals surface area contributed by atoms with Crippen LogP contribution in [0.2, 0.25) is 10.0 Å². The molecule has 0 radical (unpaired) electrons. The summed E-state index contributed by atoms with van der Waals surface area (Å²) in [7, 11) is 0. The molecule has 0 aliphatic rings. The van der Waals surface area contributed by atoms with Gasteiger partial charge in [0.25, 0.3) is 0 Å². The summed E-state index contributed by atoms with van der Waals surface area (Å²) in [4.78, 5) is 7.06. The molecule has 3 aromatic rings. The molecule has 27 heavy (non-hydrogen) atoms. The molecule has 0 aliphatic carbocycles. The molecule has 1 N–H and O–H groups in total. The van der Waals surface area contributed by atoms with Gasteiger partial charge in [0.1, 0.15) is 0 Å². The second kappa shape index (κ2) is 8.57. The summed E-state index contributed by atoms with van der Waals surface area (Å²) in [6, 6.07) is 13.4. The maximum absolute atomic E-state index is 11.0. The molecule has 0 unspecified atom stereocenters. The van der Waals surface area contributed by atoms with Crippen LogP contribution in [0.4, 0.5) is 0 Å². The first-order valence-electron chi connectivity index (χ1n) is 9.20. The Bertz CT molecular complexity index is 937. The molecule has 1 aromatic heterocycles. The number of halogens is 2. The van der Waals surface area contributed by atoms with Gasteiger partial charge < -0.3 is 10.0 Å². The van der Waals surface area contributed by atoms with E-state index in [1.54, 1.807) is 0 Å². The number of likely N-dealkylation sites (N-methyl/N-ethyl adjacent to an activating group) is 1. The molecule has 2 aromatic carbocycles. The molecule has 5 heteroatoms. The monoisotopic (exact) mass is 402 g/mol. The summed E-state index contributed by atoms with van der Waals surface area (Å²) in [6.45, 7) is 8.53. The number of nitrogens with zero attached hydrogens (tertiary/aromatic N) is 2. The number of hydrogen-bond acceptors (Lipinski definition) is 3. The topological polar surface area (TPSA) is 36.4 Å². The van der Waals surface area contributed by atoms with Crippen LogP contribution in [0.5, 0.6) is 0 Å². The first-order chi connectivity index (χ1) is 12.9. The normalized spacial score (nSPS) is 12.7. The molecule has 0 saturated carbocycles. The molecule has 1 atom stereocenters. The Balaban J connectivity index is 2.18. The van der Waals surface area contributed by atoms with E-state index >= 15 is 0 Å². The quantitative estimate of drug-likeness (QED) is 0.557. The Hall–Kier alpha value is -1.65. The zero-order chi connectivity index (χ0) is 19.6. The molecule has 0 fully saturated rings. The van der Waals surface area contributed by atoms with Crippen molar-refractivity contribution in [2.45, 2.75) is 26.9 Å². The van der Waals surface area contributed by atoms with Crippen molar-refractivity contribution in [1.82, 2.24) is 9.88 Å². The number of aryl methyl sites for hydroxylation is 1. The Morgan fingerprint density at radius 3 is 2.33 bits per heavy atom. The fraction of sp³-hybridized carbons (Fsp3) is 0.318. The average Bonchev–Trinajstić information content (AvgIpc) is 2.68. The van der Waals surface area contributed by atoms with E-state index < -0.39 is 6.10 Å². The first kappa shape index (κ1) is 20.1. The third-order valence-electron chi connectivity index (χ3n) is 5.02. The van der Waals surface area contributed by atoms with Crippen molar-refractivity contribution in [3.8, 4) is 11.3 Å². The Labute approximate surface area is 170 Å². The van der Waals surface area contributed by atoms with E-state index in [2.05, 4.69) is 18.7 Å². The van der Waals surface area contributed by atoms with E-state index in [0.29, 0.717) is 16.6 Å². The van der Waals surface area contributed by atoms with Gasteiger partial charge in [-0.2, -0.15) is 0 Å². The summed E-state index contributed by atoms with van der Waals surface area (Å²) in [5, 5.41) is 13.3. The maximum Gasteiger partial charge on any atom is 0.0924 e. The molecule has 142 valence electrons. The number of benzene rings is 2. The fourth-order valence-electron chi connectivity index (χ4n) is 3.30. The number of pyridine rings is 1. The van der Waals surface area contributed by atoms with Gasteiger partial charge >= 0.3 is 0 Å². The molecule has 3 rings (SSSR count). The van der Waals surface area contributed by atoms with Crippen LogP contribution < -0.4 is 0 Å². The van der Waals surface area contributed by atoms with E-state index in [1.165, 1.54) is 0 Å². The number of aromatic nitrogens is 1. The molecule has 0 bridgehead atoms. The standard InChI is InChI=1S/C22H24Cl2N2O/c1-4-26(5-2)13-21(27)18-12-20(15-6-8-16(23)9-7-15)25-22-14(3)19(24)11-10-17(18)22/h6-12,21,27H,4-5,13H2,1-3H3/t21-/m0/s1. The van der Waals surface area contributed by atoms with Gasteiger partial charge in [-0.3, -0.25) is 0 Å². The fourth-order valence-corrected chi connectivity index (χ4v) is 3.58. The predicted octanol–water partition coefficient (Wildman–Crippen LogP) is 5.89. The first-order valence-corrected chi connectivity index (χ1v) is 9.96. The number of aliphatic hydroxyl groups is 1. The van der Waals surface area contributed by atoms with Crippen LogP contribution in [0.15, 0.2) is 42.5 Å². The van der Waals surface area contributed by atoms with Crippen molar-refractivity contribution in [3.05, 3.63) is 63.6 Å². The van der Waals surface area contributed by atoms with Gasteiger partial charge in [0.15, 0.2) is 0 Å². The SMILES string of the molecule is CCN(CC)C[C@H](O)c1cc(-c2ccc(Cl)cc2)nc2c(C)c(Cl)ccc12. The summed E-state index contributed by atoms with van der Waals surface area (Å²) in [5.74, 6) is 0. The highest BCUT2D eigenvalue weighted by Gasteiger charge is 2.18. The lowest BCUT2D eigenvalue weighted by Gasteiger charge is -2.23. The summed E-state index contributed by atoms with van der Waals surface area (Å²) in [6.07, 6.45) is -0.609. The van der Waals surface area contributed by atoms with Crippen LogP contribution in [0, 0.1) is 6.92 Å². The zero-order valence-corrected chi connectivity index (χ0v) is 17.3. The van der Waals surface area contributed by atoms with Gasteiger partial charge in [0.2, 0.25) is 0 Å². The lowest BCUT2D eigenvalue weighted by molar-refractivity contribution is 0.120. The van der Waals surface area contributed by atoms with Crippen molar-refractivity contribution in [2.24, 2.45) is 0 Å². The van der Waals surface area contributed by atoms with Crippen LogP contribution >= 0.6 is 23.2 Å². The third kappa shape index (κ3) is 4.27. The lowest BCUT2D eigenvalue weighted by Crippen LogP contribution is -2.28. The van der Waals surface area contributed by atoms with E-state index in [4.69, 9.17) is 28.2 Å². The number of hydrogen-bond donors (Lipinski definition) is 1. The molecule has 0 spiro atoms. The maximum atomic E-state index is 11.0. The summed E-state index contributed by atoms with van der Waals surface area (Å²) >= 11 is 12.4. The number of fused-ring (bicyclic) bond motifs is 1. The van der Waals surface area contributed by atoms with E-state index in [-0.39, 0.29) is 0 Å². The van der Waals surface area contributed by atoms with E-state index in [9.17, 15) is 5.11 Å². The molecule has 3 nitrogen and oxygen atoms in total. The number of rotatable bonds is 6. The van der Waals surface area contributed by atoms with Crippen molar-refractivity contribution in [3.63, 3.8) is 0 Å². The highest BCUT2D eigenvalue weighted by molar-refractivity contribution is 6.32. The van der Waals surface area contributed by atoms with Gasteiger partial charge in [0.05, 0.1) is 17.3 Å². The zero-order valence-electron chi connectivity index (χ0n) is 15.8. The average molecular weight is 403 g/mol.